The number of hydrogen-bond acceptors (Lipinski definition) is 6. The molecule has 2 aromatic rings. The van der Waals surface area contributed by atoms with Crippen LogP contribution in [0.3, 0.4) is 0 Å². The monoisotopic (exact) mass is 329 g/mol. The molecular formula is C18H27N5O. The van der Waals surface area contributed by atoms with Gasteiger partial charge in [0.15, 0.2) is 0 Å². The molecule has 1 aliphatic heterocycles. The lowest BCUT2D eigenvalue weighted by Crippen LogP contribution is -2.54. The van der Waals surface area contributed by atoms with Crippen molar-refractivity contribution in [3.8, 4) is 0 Å². The summed E-state index contributed by atoms with van der Waals surface area (Å²) in [7, 11) is 0. The van der Waals surface area contributed by atoms with E-state index < -0.39 is 0 Å². The highest BCUT2D eigenvalue weighted by Crippen LogP contribution is 2.19. The molecular weight excluding hydrogens is 302 g/mol. The Morgan fingerprint density at radius 2 is 2.08 bits per heavy atom. The predicted octanol–water partition coefficient (Wildman–Crippen LogP) is 1.49. The van der Waals surface area contributed by atoms with Crippen LogP contribution in [0.25, 0.3) is 10.9 Å². The number of aromatic nitrogens is 2. The molecule has 1 aromatic heterocycles. The lowest BCUT2D eigenvalue weighted by atomic mass is 10.1. The third kappa shape index (κ3) is 3.83. The quantitative estimate of drug-likeness (QED) is 0.865. The van der Waals surface area contributed by atoms with Crippen LogP contribution in [0, 0.1) is 0 Å². The third-order valence-electron chi connectivity index (χ3n) is 4.70. The van der Waals surface area contributed by atoms with Crippen LogP contribution in [0.4, 0.5) is 5.82 Å². The average molecular weight is 329 g/mol. The second-order valence-electron chi connectivity index (χ2n) is 6.68. The topological polar surface area (TPSA) is 78.5 Å². The number of nitrogens with zero attached hydrogens (tertiary/aromatic N) is 4. The van der Waals surface area contributed by atoms with Crippen molar-refractivity contribution in [2.24, 2.45) is 0 Å². The first-order valence-corrected chi connectivity index (χ1v) is 8.72. The van der Waals surface area contributed by atoms with Crippen molar-refractivity contribution in [2.45, 2.75) is 39.0 Å². The van der Waals surface area contributed by atoms with Crippen LogP contribution in [0.2, 0.25) is 0 Å². The summed E-state index contributed by atoms with van der Waals surface area (Å²) < 4.78 is 0. The summed E-state index contributed by atoms with van der Waals surface area (Å²) in [6.07, 6.45) is 0.790. The van der Waals surface area contributed by atoms with Gasteiger partial charge in [0.25, 0.3) is 0 Å². The van der Waals surface area contributed by atoms with Crippen LogP contribution >= 0.6 is 0 Å². The minimum absolute atomic E-state index is 0.283. The summed E-state index contributed by atoms with van der Waals surface area (Å²) in [5, 5.41) is 10.6. The molecule has 6 heteroatoms. The molecule has 0 aliphatic carbocycles. The maximum atomic E-state index is 9.66. The van der Waals surface area contributed by atoms with E-state index in [4.69, 9.17) is 5.73 Å². The molecule has 0 saturated carbocycles. The number of hydrogen-bond donors (Lipinski definition) is 2. The number of β-amino-alcohol motifs (C(OH)–C–C–N with tert-alkyl or cyclic N) is 1. The number of anilines is 1. The van der Waals surface area contributed by atoms with E-state index in [0.717, 1.165) is 49.3 Å². The number of nitrogens with two attached hydrogens (primary N) is 1. The summed E-state index contributed by atoms with van der Waals surface area (Å²) in [6, 6.07) is 8.32. The van der Waals surface area contributed by atoms with Gasteiger partial charge in [-0.25, -0.2) is 9.97 Å². The van der Waals surface area contributed by atoms with Gasteiger partial charge in [-0.1, -0.05) is 19.1 Å². The second kappa shape index (κ2) is 7.42. The van der Waals surface area contributed by atoms with Crippen molar-refractivity contribution in [1.29, 1.82) is 0 Å². The Balaban J connectivity index is 1.70. The minimum atomic E-state index is -0.283. The molecule has 0 spiro atoms. The Morgan fingerprint density at radius 1 is 1.29 bits per heavy atom. The molecule has 0 radical (unpaired) electrons. The Kier molecular flexibility index (Phi) is 5.28. The van der Waals surface area contributed by atoms with Crippen molar-refractivity contribution in [1.82, 2.24) is 19.8 Å². The molecule has 1 saturated heterocycles. The number of aliphatic hydroxyl groups is 1. The highest BCUT2D eigenvalue weighted by atomic mass is 16.3. The molecule has 0 amide bonds. The normalized spacial score (nSPS) is 21.2. The maximum Gasteiger partial charge on any atom is 0.145 e. The number of para-hydroxylation sites is 1. The predicted molar refractivity (Wildman–Crippen MR) is 96.6 cm³/mol. The Labute approximate surface area is 143 Å². The zero-order chi connectivity index (χ0) is 17.1. The first kappa shape index (κ1) is 17.1. The van der Waals surface area contributed by atoms with Crippen LogP contribution in [0.1, 0.15) is 26.1 Å². The van der Waals surface area contributed by atoms with Gasteiger partial charge >= 0.3 is 0 Å². The van der Waals surface area contributed by atoms with Crippen LogP contribution in [0.5, 0.6) is 0 Å². The molecule has 1 aliphatic rings. The van der Waals surface area contributed by atoms with Gasteiger partial charge in [-0.15, -0.1) is 0 Å². The van der Waals surface area contributed by atoms with Gasteiger partial charge in [-0.3, -0.25) is 9.80 Å². The lowest BCUT2D eigenvalue weighted by Gasteiger charge is -2.41. The van der Waals surface area contributed by atoms with E-state index in [-0.39, 0.29) is 6.10 Å². The first-order chi connectivity index (χ1) is 11.6. The van der Waals surface area contributed by atoms with E-state index in [1.165, 1.54) is 0 Å². The Morgan fingerprint density at radius 3 is 2.83 bits per heavy atom. The number of piperazine rings is 1. The van der Waals surface area contributed by atoms with Gasteiger partial charge in [0, 0.05) is 37.6 Å². The van der Waals surface area contributed by atoms with Crippen molar-refractivity contribution in [2.75, 3.05) is 31.9 Å². The largest absolute Gasteiger partial charge is 0.392 e. The molecule has 3 N–H and O–H groups in total. The number of aliphatic hydroxyl groups excluding tert-OH is 1. The van der Waals surface area contributed by atoms with Crippen molar-refractivity contribution in [3.63, 3.8) is 0 Å². The summed E-state index contributed by atoms with van der Waals surface area (Å²) >= 11 is 0. The smallest absolute Gasteiger partial charge is 0.145 e. The standard InChI is InChI=1S/C18H27N5O/c1-3-14-11-22(8-9-23(14)10-13(2)24)12-17-20-16-7-5-4-6-15(16)18(19)21-17/h4-7,13-14,24H,3,8-12H2,1-2H3,(H2,19,20,21)/t13-,14+/m0/s1. The van der Waals surface area contributed by atoms with E-state index in [1.54, 1.807) is 0 Å². The summed E-state index contributed by atoms with van der Waals surface area (Å²) in [6.45, 7) is 8.41. The molecule has 3 rings (SSSR count). The van der Waals surface area contributed by atoms with E-state index in [1.807, 2.05) is 31.2 Å². The number of rotatable bonds is 5. The summed E-state index contributed by atoms with van der Waals surface area (Å²) in [5.41, 5.74) is 6.99. The zero-order valence-electron chi connectivity index (χ0n) is 14.5. The fourth-order valence-corrected chi connectivity index (χ4v) is 3.49. The van der Waals surface area contributed by atoms with E-state index >= 15 is 0 Å². The molecule has 130 valence electrons. The summed E-state index contributed by atoms with van der Waals surface area (Å²) in [5.74, 6) is 1.33. The lowest BCUT2D eigenvalue weighted by molar-refractivity contribution is 0.0329. The molecule has 1 fully saturated rings. The van der Waals surface area contributed by atoms with Gasteiger partial charge in [0.2, 0.25) is 0 Å². The Hall–Kier alpha value is -1.76. The minimum Gasteiger partial charge on any atom is -0.392 e. The van der Waals surface area contributed by atoms with Gasteiger partial charge < -0.3 is 10.8 Å². The number of nitrogen functional groups attached to an aromatic ring is 1. The van der Waals surface area contributed by atoms with Crippen LogP contribution < -0.4 is 5.73 Å². The van der Waals surface area contributed by atoms with Crippen molar-refractivity contribution < 1.29 is 5.11 Å². The summed E-state index contributed by atoms with van der Waals surface area (Å²) in [4.78, 5) is 13.9. The average Bonchev–Trinajstić information content (AvgIpc) is 2.56. The van der Waals surface area contributed by atoms with Crippen molar-refractivity contribution in [3.05, 3.63) is 30.1 Å². The van der Waals surface area contributed by atoms with Crippen LogP contribution in [0.15, 0.2) is 24.3 Å². The molecule has 24 heavy (non-hydrogen) atoms. The molecule has 1 aromatic carbocycles. The van der Waals surface area contributed by atoms with Crippen LogP contribution in [-0.4, -0.2) is 63.2 Å². The zero-order valence-corrected chi connectivity index (χ0v) is 14.5. The van der Waals surface area contributed by atoms with Gasteiger partial charge in [-0.05, 0) is 25.5 Å². The molecule has 0 bridgehead atoms. The second-order valence-corrected chi connectivity index (χ2v) is 6.68. The SMILES string of the molecule is CC[C@@H]1CN(Cc2nc(N)c3ccccc3n2)CCN1C[C@H](C)O. The van der Waals surface area contributed by atoms with E-state index in [0.29, 0.717) is 18.4 Å². The van der Waals surface area contributed by atoms with Crippen LogP contribution in [-0.2, 0) is 6.54 Å². The molecule has 0 unspecified atom stereocenters. The van der Waals surface area contributed by atoms with Gasteiger partial charge in [0.1, 0.15) is 11.6 Å². The van der Waals surface area contributed by atoms with Crippen molar-refractivity contribution >= 4 is 16.7 Å². The van der Waals surface area contributed by atoms with Gasteiger partial charge in [-0.2, -0.15) is 0 Å². The van der Waals surface area contributed by atoms with E-state index in [9.17, 15) is 5.11 Å². The molecule has 6 nitrogen and oxygen atoms in total. The third-order valence-corrected chi connectivity index (χ3v) is 4.70. The first-order valence-electron chi connectivity index (χ1n) is 8.72. The number of fused-ring (bicyclic) bond motifs is 1. The maximum absolute atomic E-state index is 9.66. The van der Waals surface area contributed by atoms with E-state index in [2.05, 4.69) is 26.7 Å². The fraction of sp³-hybridized carbons (Fsp3) is 0.556. The number of benzene rings is 1. The molecule has 2 heterocycles. The fourth-order valence-electron chi connectivity index (χ4n) is 3.49. The van der Waals surface area contributed by atoms with Gasteiger partial charge in [0.05, 0.1) is 18.2 Å². The molecule has 2 atom stereocenters. The Bertz CT molecular complexity index is 690. The highest BCUT2D eigenvalue weighted by Gasteiger charge is 2.26. The highest BCUT2D eigenvalue weighted by molar-refractivity contribution is 5.87.